The van der Waals surface area contributed by atoms with Crippen molar-refractivity contribution in [2.75, 3.05) is 43.6 Å². The molecule has 0 fully saturated rings. The van der Waals surface area contributed by atoms with Crippen LogP contribution in [0.3, 0.4) is 0 Å². The second kappa shape index (κ2) is 13.8. The number of carbonyl (C=O) groups excluding carboxylic acids is 1. The standard InChI is InChI=1S/C27H32N2O4/c1-2-31-19-20-33-26-16-12-24(13-17-26)29-27(30)21-28-23-10-14-25(15-11-23)32-18-6-9-22-7-4-3-5-8-22/h3-5,7-8,10-17,28H,2,6,9,18-21H2,1H3,(H,29,30). The van der Waals surface area contributed by atoms with Gasteiger partial charge >= 0.3 is 0 Å². The van der Waals surface area contributed by atoms with E-state index in [1.807, 2.05) is 61.5 Å². The summed E-state index contributed by atoms with van der Waals surface area (Å²) >= 11 is 0. The first-order valence-electron chi connectivity index (χ1n) is 11.3. The lowest BCUT2D eigenvalue weighted by molar-refractivity contribution is -0.114. The molecule has 0 aliphatic carbocycles. The van der Waals surface area contributed by atoms with Gasteiger partial charge in [0.15, 0.2) is 0 Å². The molecule has 6 heteroatoms. The number of hydrogen-bond acceptors (Lipinski definition) is 5. The minimum atomic E-state index is -0.124. The molecule has 0 saturated carbocycles. The molecule has 0 saturated heterocycles. The fourth-order valence-corrected chi connectivity index (χ4v) is 3.16. The Morgan fingerprint density at radius 2 is 1.39 bits per heavy atom. The van der Waals surface area contributed by atoms with E-state index in [4.69, 9.17) is 14.2 Å². The summed E-state index contributed by atoms with van der Waals surface area (Å²) in [5.41, 5.74) is 2.90. The van der Waals surface area contributed by atoms with Crippen LogP contribution in [0.25, 0.3) is 0 Å². The maximum absolute atomic E-state index is 12.2. The predicted octanol–water partition coefficient (Wildman–Crippen LogP) is 5.16. The SMILES string of the molecule is CCOCCOc1ccc(NC(=O)CNc2ccc(OCCCc3ccccc3)cc2)cc1. The fraction of sp³-hybridized carbons (Fsp3) is 0.296. The van der Waals surface area contributed by atoms with Crippen LogP contribution in [0.2, 0.25) is 0 Å². The lowest BCUT2D eigenvalue weighted by atomic mass is 10.1. The maximum atomic E-state index is 12.2. The van der Waals surface area contributed by atoms with Crippen molar-refractivity contribution in [2.45, 2.75) is 19.8 Å². The number of amides is 1. The van der Waals surface area contributed by atoms with E-state index in [-0.39, 0.29) is 12.5 Å². The molecule has 0 heterocycles. The smallest absolute Gasteiger partial charge is 0.243 e. The molecule has 3 rings (SSSR count). The van der Waals surface area contributed by atoms with Crippen LogP contribution in [0, 0.1) is 0 Å². The molecule has 0 bridgehead atoms. The number of ether oxygens (including phenoxy) is 3. The Hall–Kier alpha value is -3.51. The van der Waals surface area contributed by atoms with Gasteiger partial charge in [-0.05, 0) is 73.9 Å². The molecule has 174 valence electrons. The van der Waals surface area contributed by atoms with Gasteiger partial charge in [-0.15, -0.1) is 0 Å². The summed E-state index contributed by atoms with van der Waals surface area (Å²) in [4.78, 5) is 12.2. The van der Waals surface area contributed by atoms with E-state index in [1.165, 1.54) is 5.56 Å². The minimum absolute atomic E-state index is 0.124. The Bertz CT molecular complexity index is 944. The van der Waals surface area contributed by atoms with E-state index in [0.717, 1.165) is 35.7 Å². The summed E-state index contributed by atoms with van der Waals surface area (Å²) in [5, 5.41) is 5.99. The number of benzene rings is 3. The lowest BCUT2D eigenvalue weighted by Gasteiger charge is -2.10. The Morgan fingerprint density at radius 1 is 0.758 bits per heavy atom. The van der Waals surface area contributed by atoms with Crippen molar-refractivity contribution >= 4 is 17.3 Å². The van der Waals surface area contributed by atoms with Crippen molar-refractivity contribution in [1.82, 2.24) is 0 Å². The third-order valence-corrected chi connectivity index (χ3v) is 4.87. The molecule has 33 heavy (non-hydrogen) atoms. The van der Waals surface area contributed by atoms with Gasteiger partial charge in [0.1, 0.15) is 18.1 Å². The van der Waals surface area contributed by atoms with E-state index < -0.39 is 0 Å². The van der Waals surface area contributed by atoms with E-state index in [2.05, 4.69) is 34.9 Å². The molecule has 3 aromatic carbocycles. The Kier molecular flexibility index (Phi) is 10.1. The van der Waals surface area contributed by atoms with Crippen molar-refractivity contribution in [1.29, 1.82) is 0 Å². The van der Waals surface area contributed by atoms with E-state index in [0.29, 0.717) is 26.4 Å². The van der Waals surface area contributed by atoms with Gasteiger partial charge in [0.05, 0.1) is 19.8 Å². The fourth-order valence-electron chi connectivity index (χ4n) is 3.16. The van der Waals surface area contributed by atoms with Gasteiger partial charge in [0.2, 0.25) is 5.91 Å². The second-order valence-corrected chi connectivity index (χ2v) is 7.43. The van der Waals surface area contributed by atoms with E-state index >= 15 is 0 Å². The number of hydrogen-bond donors (Lipinski definition) is 2. The predicted molar refractivity (Wildman–Crippen MR) is 132 cm³/mol. The zero-order valence-electron chi connectivity index (χ0n) is 19.1. The van der Waals surface area contributed by atoms with E-state index in [1.54, 1.807) is 0 Å². The van der Waals surface area contributed by atoms with Crippen LogP contribution in [0.4, 0.5) is 11.4 Å². The third kappa shape index (κ3) is 9.25. The van der Waals surface area contributed by atoms with Crippen molar-refractivity contribution in [3.05, 3.63) is 84.4 Å². The maximum Gasteiger partial charge on any atom is 0.243 e. The van der Waals surface area contributed by atoms with Crippen molar-refractivity contribution in [2.24, 2.45) is 0 Å². The number of rotatable bonds is 14. The van der Waals surface area contributed by atoms with Gasteiger partial charge in [-0.1, -0.05) is 30.3 Å². The highest BCUT2D eigenvalue weighted by molar-refractivity contribution is 5.93. The summed E-state index contributed by atoms with van der Waals surface area (Å²) in [6.45, 7) is 4.52. The van der Waals surface area contributed by atoms with Gasteiger partial charge in [-0.3, -0.25) is 4.79 Å². The molecule has 0 unspecified atom stereocenters. The van der Waals surface area contributed by atoms with Crippen LogP contribution in [0.5, 0.6) is 11.5 Å². The van der Waals surface area contributed by atoms with Gasteiger partial charge in [-0.2, -0.15) is 0 Å². The molecule has 1 amide bonds. The second-order valence-electron chi connectivity index (χ2n) is 7.43. The lowest BCUT2D eigenvalue weighted by Crippen LogP contribution is -2.21. The summed E-state index contributed by atoms with van der Waals surface area (Å²) in [7, 11) is 0. The topological polar surface area (TPSA) is 68.8 Å². The van der Waals surface area contributed by atoms with Gasteiger partial charge in [-0.25, -0.2) is 0 Å². The molecule has 3 aromatic rings. The minimum Gasteiger partial charge on any atom is -0.494 e. The zero-order chi connectivity index (χ0) is 23.1. The number of aryl methyl sites for hydroxylation is 1. The van der Waals surface area contributed by atoms with Crippen LogP contribution in [-0.2, 0) is 16.0 Å². The normalized spacial score (nSPS) is 10.5. The average Bonchev–Trinajstić information content (AvgIpc) is 2.86. The average molecular weight is 449 g/mol. The zero-order valence-corrected chi connectivity index (χ0v) is 19.1. The third-order valence-electron chi connectivity index (χ3n) is 4.87. The first-order chi connectivity index (χ1) is 16.2. The molecule has 0 aliphatic rings. The molecule has 0 atom stereocenters. The first-order valence-corrected chi connectivity index (χ1v) is 11.3. The van der Waals surface area contributed by atoms with E-state index in [9.17, 15) is 4.79 Å². The largest absolute Gasteiger partial charge is 0.494 e. The number of carbonyl (C=O) groups is 1. The van der Waals surface area contributed by atoms with Crippen LogP contribution < -0.4 is 20.1 Å². The number of nitrogens with one attached hydrogen (secondary N) is 2. The van der Waals surface area contributed by atoms with Gasteiger partial charge in [0.25, 0.3) is 0 Å². The molecule has 0 spiro atoms. The van der Waals surface area contributed by atoms with Gasteiger partial charge in [0, 0.05) is 18.0 Å². The summed E-state index contributed by atoms with van der Waals surface area (Å²) in [6, 6.07) is 25.3. The highest BCUT2D eigenvalue weighted by Gasteiger charge is 2.04. The molecule has 6 nitrogen and oxygen atoms in total. The molecule has 2 N–H and O–H groups in total. The Labute approximate surface area is 195 Å². The molecule has 0 radical (unpaired) electrons. The van der Waals surface area contributed by atoms with Crippen LogP contribution >= 0.6 is 0 Å². The quantitative estimate of drug-likeness (QED) is 0.333. The highest BCUT2D eigenvalue weighted by atomic mass is 16.5. The molecule has 0 aliphatic heterocycles. The van der Waals surface area contributed by atoms with Crippen LogP contribution in [0.1, 0.15) is 18.9 Å². The van der Waals surface area contributed by atoms with Crippen molar-refractivity contribution in [3.8, 4) is 11.5 Å². The molecular weight excluding hydrogens is 416 g/mol. The van der Waals surface area contributed by atoms with Gasteiger partial charge < -0.3 is 24.8 Å². The Balaban J connectivity index is 1.32. The van der Waals surface area contributed by atoms with Crippen LogP contribution in [-0.4, -0.2) is 38.9 Å². The Morgan fingerprint density at radius 3 is 2.06 bits per heavy atom. The molecular formula is C27H32N2O4. The van der Waals surface area contributed by atoms with Crippen molar-refractivity contribution in [3.63, 3.8) is 0 Å². The summed E-state index contributed by atoms with van der Waals surface area (Å²) < 4.78 is 16.6. The number of anilines is 2. The molecule has 0 aromatic heterocycles. The monoisotopic (exact) mass is 448 g/mol. The van der Waals surface area contributed by atoms with Crippen LogP contribution in [0.15, 0.2) is 78.9 Å². The van der Waals surface area contributed by atoms with Crippen molar-refractivity contribution < 1.29 is 19.0 Å². The highest BCUT2D eigenvalue weighted by Crippen LogP contribution is 2.17. The first kappa shape index (κ1) is 24.1. The summed E-state index contributed by atoms with van der Waals surface area (Å²) in [6.07, 6.45) is 1.96. The summed E-state index contributed by atoms with van der Waals surface area (Å²) in [5.74, 6) is 1.44.